The second kappa shape index (κ2) is 6.09. The summed E-state index contributed by atoms with van der Waals surface area (Å²) >= 11 is 0. The van der Waals surface area contributed by atoms with Gasteiger partial charge in [-0.25, -0.2) is 4.98 Å². The average molecular weight is 324 g/mol. The summed E-state index contributed by atoms with van der Waals surface area (Å²) in [5.74, 6) is 1.14. The summed E-state index contributed by atoms with van der Waals surface area (Å²) in [6.07, 6.45) is 2.81. The zero-order valence-electron chi connectivity index (χ0n) is 13.6. The number of hydrogen-bond donors (Lipinski definition) is 2. The predicted octanol–water partition coefficient (Wildman–Crippen LogP) is 2.21. The molecule has 0 saturated carbocycles. The number of H-pyrrole nitrogens is 1. The molecule has 0 bridgehead atoms. The van der Waals surface area contributed by atoms with Crippen molar-refractivity contribution in [3.63, 3.8) is 0 Å². The minimum atomic E-state index is 0.0579. The number of nitrogens with zero attached hydrogens (tertiary/aromatic N) is 4. The zero-order chi connectivity index (χ0) is 16.5. The van der Waals surface area contributed by atoms with E-state index < -0.39 is 0 Å². The number of hydrogen-bond acceptors (Lipinski definition) is 6. The van der Waals surface area contributed by atoms with Gasteiger partial charge in [0.15, 0.2) is 0 Å². The second-order valence-corrected chi connectivity index (χ2v) is 6.04. The summed E-state index contributed by atoms with van der Waals surface area (Å²) in [7, 11) is 0. The van der Waals surface area contributed by atoms with Crippen LogP contribution < -0.4 is 10.6 Å². The van der Waals surface area contributed by atoms with Crippen molar-refractivity contribution in [1.29, 1.82) is 0 Å². The lowest BCUT2D eigenvalue weighted by Crippen LogP contribution is -2.31. The smallest absolute Gasteiger partial charge is 0.222 e. The Kier molecular flexibility index (Phi) is 3.78. The van der Waals surface area contributed by atoms with Crippen molar-refractivity contribution in [2.75, 3.05) is 30.4 Å². The lowest BCUT2D eigenvalue weighted by molar-refractivity contribution is 0.134. The number of nitrogen functional groups attached to an aromatic ring is 1. The van der Waals surface area contributed by atoms with E-state index in [1.165, 1.54) is 5.56 Å². The van der Waals surface area contributed by atoms with E-state index in [1.54, 1.807) is 0 Å². The number of aryl methyl sites for hydroxylation is 1. The fraction of sp³-hybridized carbons (Fsp3) is 0.353. The molecule has 2 aromatic heterocycles. The molecule has 3 N–H and O–H groups in total. The van der Waals surface area contributed by atoms with Gasteiger partial charge in [0.05, 0.1) is 24.4 Å². The molecule has 0 aliphatic carbocycles. The number of nitrogens with one attached hydrogen (secondary N) is 1. The minimum Gasteiger partial charge on any atom is -0.379 e. The third kappa shape index (κ3) is 2.67. The van der Waals surface area contributed by atoms with E-state index in [2.05, 4.69) is 31.1 Å². The maximum Gasteiger partial charge on any atom is 0.222 e. The van der Waals surface area contributed by atoms with Crippen LogP contribution in [0, 0.1) is 6.92 Å². The number of ether oxygens (including phenoxy) is 1. The van der Waals surface area contributed by atoms with E-state index in [0.717, 1.165) is 42.0 Å². The van der Waals surface area contributed by atoms with Gasteiger partial charge in [-0.05, 0) is 25.0 Å². The molecule has 7 nitrogen and oxygen atoms in total. The fourth-order valence-electron chi connectivity index (χ4n) is 3.31. The zero-order valence-corrected chi connectivity index (χ0v) is 13.6. The first-order valence-corrected chi connectivity index (χ1v) is 8.10. The third-order valence-corrected chi connectivity index (χ3v) is 4.37. The quantitative estimate of drug-likeness (QED) is 0.751. The van der Waals surface area contributed by atoms with Gasteiger partial charge in [0.2, 0.25) is 5.95 Å². The van der Waals surface area contributed by atoms with Crippen molar-refractivity contribution in [3.8, 4) is 0 Å². The highest BCUT2D eigenvalue weighted by molar-refractivity contribution is 5.82. The summed E-state index contributed by atoms with van der Waals surface area (Å²) in [5.41, 5.74) is 8.93. The molecule has 4 rings (SSSR count). The van der Waals surface area contributed by atoms with Gasteiger partial charge in [0, 0.05) is 30.3 Å². The van der Waals surface area contributed by atoms with E-state index >= 15 is 0 Å². The van der Waals surface area contributed by atoms with Gasteiger partial charge in [0.1, 0.15) is 5.82 Å². The van der Waals surface area contributed by atoms with E-state index in [9.17, 15) is 0 Å². The molecule has 3 aromatic rings. The van der Waals surface area contributed by atoms with E-state index in [1.807, 2.05) is 31.3 Å². The molecule has 1 atom stereocenters. The molecule has 0 unspecified atom stereocenters. The summed E-state index contributed by atoms with van der Waals surface area (Å²) in [5, 5.41) is 8.32. The van der Waals surface area contributed by atoms with Crippen molar-refractivity contribution >= 4 is 22.7 Å². The van der Waals surface area contributed by atoms with E-state index in [4.69, 9.17) is 10.5 Å². The molecule has 0 spiro atoms. The Morgan fingerprint density at radius 3 is 3.12 bits per heavy atom. The van der Waals surface area contributed by atoms with E-state index in [0.29, 0.717) is 12.6 Å². The molecule has 1 saturated heterocycles. The Hall–Kier alpha value is -2.67. The molecule has 1 aromatic carbocycles. The third-order valence-electron chi connectivity index (χ3n) is 4.37. The number of aromatic amines is 1. The molecule has 1 fully saturated rings. The second-order valence-electron chi connectivity index (χ2n) is 6.04. The molecule has 24 heavy (non-hydrogen) atoms. The van der Waals surface area contributed by atoms with Crippen LogP contribution in [-0.2, 0) is 4.74 Å². The topological polar surface area (TPSA) is 93.0 Å². The van der Waals surface area contributed by atoms with Crippen LogP contribution in [0.15, 0.2) is 30.5 Å². The number of anilines is 2. The monoisotopic (exact) mass is 324 g/mol. The van der Waals surface area contributed by atoms with Gasteiger partial charge in [-0.1, -0.05) is 12.1 Å². The number of benzene rings is 1. The van der Waals surface area contributed by atoms with Crippen molar-refractivity contribution in [1.82, 2.24) is 20.2 Å². The van der Waals surface area contributed by atoms with Crippen molar-refractivity contribution in [2.24, 2.45) is 0 Å². The molecule has 1 aliphatic rings. The van der Waals surface area contributed by atoms with Gasteiger partial charge in [0.25, 0.3) is 0 Å². The highest BCUT2D eigenvalue weighted by Crippen LogP contribution is 2.32. The highest BCUT2D eigenvalue weighted by atomic mass is 16.5. The van der Waals surface area contributed by atoms with Crippen LogP contribution in [0.2, 0.25) is 0 Å². The van der Waals surface area contributed by atoms with Crippen LogP contribution in [0.4, 0.5) is 11.8 Å². The first-order chi connectivity index (χ1) is 11.7. The first kappa shape index (κ1) is 14.9. The van der Waals surface area contributed by atoms with Gasteiger partial charge < -0.3 is 15.4 Å². The van der Waals surface area contributed by atoms with E-state index in [-0.39, 0.29) is 6.04 Å². The Morgan fingerprint density at radius 1 is 1.33 bits per heavy atom. The van der Waals surface area contributed by atoms with Crippen LogP contribution in [0.25, 0.3) is 10.9 Å². The van der Waals surface area contributed by atoms with Crippen molar-refractivity contribution < 1.29 is 4.74 Å². The van der Waals surface area contributed by atoms with Crippen LogP contribution >= 0.6 is 0 Å². The largest absolute Gasteiger partial charge is 0.379 e. The lowest BCUT2D eigenvalue weighted by Gasteiger charge is -2.31. The standard InChI is InChI=1S/C17H20N6O/c1-11-8-16(21-17(18)20-11)23-6-3-7-24-10-15(23)12-4-2-5-14-13(12)9-19-22-14/h2,4-5,8-9,15H,3,6-7,10H2,1H3,(H,19,22)(H2,18,20,21)/t15-/m0/s1. The maximum absolute atomic E-state index is 5.87. The minimum absolute atomic E-state index is 0.0579. The number of rotatable bonds is 2. The number of aromatic nitrogens is 4. The Morgan fingerprint density at radius 2 is 2.25 bits per heavy atom. The molecule has 3 heterocycles. The Bertz CT molecular complexity index is 841. The molecule has 0 radical (unpaired) electrons. The summed E-state index contributed by atoms with van der Waals surface area (Å²) in [4.78, 5) is 10.9. The number of fused-ring (bicyclic) bond motifs is 1. The first-order valence-electron chi connectivity index (χ1n) is 8.10. The highest BCUT2D eigenvalue weighted by Gasteiger charge is 2.26. The molecule has 124 valence electrons. The lowest BCUT2D eigenvalue weighted by atomic mass is 10.0. The van der Waals surface area contributed by atoms with Crippen LogP contribution in [0.3, 0.4) is 0 Å². The van der Waals surface area contributed by atoms with Crippen LogP contribution in [0.5, 0.6) is 0 Å². The van der Waals surface area contributed by atoms with Crippen LogP contribution in [-0.4, -0.2) is 39.9 Å². The van der Waals surface area contributed by atoms with Crippen molar-refractivity contribution in [2.45, 2.75) is 19.4 Å². The summed E-state index contributed by atoms with van der Waals surface area (Å²) in [6.45, 7) is 4.14. The predicted molar refractivity (Wildman–Crippen MR) is 92.8 cm³/mol. The van der Waals surface area contributed by atoms with Gasteiger partial charge in [-0.15, -0.1) is 0 Å². The Labute approximate surface area is 139 Å². The fourth-order valence-corrected chi connectivity index (χ4v) is 3.31. The molecular weight excluding hydrogens is 304 g/mol. The molecule has 7 heteroatoms. The molecular formula is C17H20N6O. The van der Waals surface area contributed by atoms with Crippen LogP contribution in [0.1, 0.15) is 23.7 Å². The normalized spacial score (nSPS) is 18.7. The Balaban J connectivity index is 1.82. The number of nitrogens with two attached hydrogens (primary N) is 1. The average Bonchev–Trinajstić information content (AvgIpc) is 2.90. The van der Waals surface area contributed by atoms with Crippen molar-refractivity contribution in [3.05, 3.63) is 41.7 Å². The molecule has 1 aliphatic heterocycles. The molecule has 0 amide bonds. The SMILES string of the molecule is Cc1cc(N2CCCOC[C@H]2c2cccc3[nH]ncc23)nc(N)n1. The summed E-state index contributed by atoms with van der Waals surface area (Å²) < 4.78 is 5.85. The van der Waals surface area contributed by atoms with Gasteiger partial charge in [-0.3, -0.25) is 5.10 Å². The maximum atomic E-state index is 5.87. The van der Waals surface area contributed by atoms with Gasteiger partial charge >= 0.3 is 0 Å². The summed E-state index contributed by atoms with van der Waals surface area (Å²) in [6, 6.07) is 8.23. The van der Waals surface area contributed by atoms with Gasteiger partial charge in [-0.2, -0.15) is 10.1 Å².